The summed E-state index contributed by atoms with van der Waals surface area (Å²) in [5.41, 5.74) is 5.87. The summed E-state index contributed by atoms with van der Waals surface area (Å²) < 4.78 is 53.8. The molecule has 0 amide bonds. The molecule has 0 aliphatic carbocycles. The number of esters is 1. The minimum atomic E-state index is -4.56. The van der Waals surface area contributed by atoms with Crippen LogP contribution in [0.1, 0.15) is 23.7 Å². The van der Waals surface area contributed by atoms with Gasteiger partial charge in [0.25, 0.3) is 0 Å². The maximum Gasteiger partial charge on any atom is 0.433 e. The van der Waals surface area contributed by atoms with Crippen LogP contribution < -0.4 is 15.2 Å². The van der Waals surface area contributed by atoms with Gasteiger partial charge in [-0.25, -0.2) is 9.78 Å². The Morgan fingerprint density at radius 2 is 2.00 bits per heavy atom. The van der Waals surface area contributed by atoms with E-state index in [0.717, 1.165) is 6.07 Å². The number of aromatic nitrogens is 1. The Bertz CT molecular complexity index is 866. The number of pyridine rings is 1. The van der Waals surface area contributed by atoms with Gasteiger partial charge in [-0.3, -0.25) is 0 Å². The third kappa shape index (κ3) is 5.46. The van der Waals surface area contributed by atoms with Crippen molar-refractivity contribution in [3.63, 3.8) is 0 Å². The lowest BCUT2D eigenvalue weighted by Gasteiger charge is -2.14. The zero-order valence-electron chi connectivity index (χ0n) is 15.2. The van der Waals surface area contributed by atoms with E-state index < -0.39 is 17.8 Å². The van der Waals surface area contributed by atoms with Crippen LogP contribution in [0.25, 0.3) is 0 Å². The number of hydrogen-bond acceptors (Lipinski definition) is 6. The average Bonchev–Trinajstić information content (AvgIpc) is 2.69. The first kappa shape index (κ1) is 21.2. The van der Waals surface area contributed by atoms with Crippen molar-refractivity contribution in [3.8, 4) is 11.6 Å². The Balaban J connectivity index is 2.18. The average molecular weight is 396 g/mol. The van der Waals surface area contributed by atoms with Gasteiger partial charge in [-0.15, -0.1) is 0 Å². The van der Waals surface area contributed by atoms with Gasteiger partial charge in [-0.1, -0.05) is 18.2 Å². The molecule has 6 nitrogen and oxygen atoms in total. The van der Waals surface area contributed by atoms with Crippen molar-refractivity contribution < 1.29 is 32.2 Å². The van der Waals surface area contributed by atoms with Crippen LogP contribution in [0, 0.1) is 0 Å². The number of alkyl halides is 3. The molecule has 0 aliphatic rings. The Hall–Kier alpha value is -3.07. The number of hydrogen-bond donors (Lipinski definition) is 1. The Kier molecular flexibility index (Phi) is 7.00. The van der Waals surface area contributed by atoms with E-state index in [1.54, 1.807) is 25.1 Å². The molecule has 0 saturated heterocycles. The molecule has 0 unspecified atom stereocenters. The molecule has 9 heteroatoms. The van der Waals surface area contributed by atoms with Gasteiger partial charge in [0.15, 0.2) is 0 Å². The minimum Gasteiger partial charge on any atom is -0.473 e. The standard InChI is InChI=1S/C19H19F3N2O4/c1-3-14(18(25)26-2)28-15-9-12(7-8-13(15)10-23)11-27-17-6-4-5-16(24-17)19(20,21)22/h3-9H,10-11,23H2,1-2H3/b14-3-. The molecule has 1 aromatic heterocycles. The van der Waals surface area contributed by atoms with E-state index in [1.807, 2.05) is 0 Å². The predicted octanol–water partition coefficient (Wildman–Crippen LogP) is 3.59. The molecule has 0 saturated carbocycles. The number of nitrogens with two attached hydrogens (primary N) is 1. The van der Waals surface area contributed by atoms with Crippen LogP contribution in [0.15, 0.2) is 48.2 Å². The summed E-state index contributed by atoms with van der Waals surface area (Å²) in [6, 6.07) is 8.36. The zero-order valence-corrected chi connectivity index (χ0v) is 15.2. The summed E-state index contributed by atoms with van der Waals surface area (Å²) >= 11 is 0. The topological polar surface area (TPSA) is 83.7 Å². The molecule has 2 N–H and O–H groups in total. The number of ether oxygens (including phenoxy) is 3. The fourth-order valence-electron chi connectivity index (χ4n) is 2.20. The predicted molar refractivity (Wildman–Crippen MR) is 94.3 cm³/mol. The molecule has 0 aliphatic heterocycles. The number of carbonyl (C=O) groups excluding carboxylic acids is 1. The second kappa shape index (κ2) is 9.23. The molecule has 0 radical (unpaired) electrons. The first-order valence-electron chi connectivity index (χ1n) is 8.20. The molecule has 1 heterocycles. The van der Waals surface area contributed by atoms with E-state index in [0.29, 0.717) is 16.9 Å². The van der Waals surface area contributed by atoms with Crippen LogP contribution in [-0.4, -0.2) is 18.1 Å². The van der Waals surface area contributed by atoms with Crippen molar-refractivity contribution in [2.45, 2.75) is 26.3 Å². The van der Waals surface area contributed by atoms with Crippen LogP contribution >= 0.6 is 0 Å². The Morgan fingerprint density at radius 3 is 2.61 bits per heavy atom. The number of benzene rings is 1. The molecule has 2 rings (SSSR count). The normalized spacial score (nSPS) is 11.9. The Morgan fingerprint density at radius 1 is 1.25 bits per heavy atom. The number of rotatable bonds is 7. The molecule has 0 fully saturated rings. The molecule has 1 aromatic carbocycles. The number of halogens is 3. The molecule has 0 spiro atoms. The van der Waals surface area contributed by atoms with E-state index in [9.17, 15) is 18.0 Å². The van der Waals surface area contributed by atoms with Crippen molar-refractivity contribution in [1.82, 2.24) is 4.98 Å². The zero-order chi connectivity index (χ0) is 20.7. The second-order valence-electron chi connectivity index (χ2n) is 5.54. The van der Waals surface area contributed by atoms with Crippen molar-refractivity contribution in [2.75, 3.05) is 7.11 Å². The lowest BCUT2D eigenvalue weighted by atomic mass is 10.1. The van der Waals surface area contributed by atoms with Gasteiger partial charge >= 0.3 is 12.1 Å². The summed E-state index contributed by atoms with van der Waals surface area (Å²) in [5, 5.41) is 0. The molecule has 2 aromatic rings. The Labute approximate surface area is 159 Å². The molecular weight excluding hydrogens is 377 g/mol. The van der Waals surface area contributed by atoms with E-state index in [2.05, 4.69) is 9.72 Å². The van der Waals surface area contributed by atoms with Gasteiger partial charge < -0.3 is 19.9 Å². The van der Waals surface area contributed by atoms with Crippen LogP contribution in [0.3, 0.4) is 0 Å². The SMILES string of the molecule is C/C=C(\Oc1cc(COc2cccc(C(F)(F)F)n2)ccc1CN)C(=O)OC. The van der Waals surface area contributed by atoms with Crippen molar-refractivity contribution >= 4 is 5.97 Å². The molecule has 150 valence electrons. The molecule has 0 bridgehead atoms. The molecular formula is C19H19F3N2O4. The highest BCUT2D eigenvalue weighted by molar-refractivity contribution is 5.86. The third-order valence-electron chi connectivity index (χ3n) is 3.62. The van der Waals surface area contributed by atoms with E-state index in [-0.39, 0.29) is 24.8 Å². The van der Waals surface area contributed by atoms with Crippen molar-refractivity contribution in [2.24, 2.45) is 5.73 Å². The first-order valence-corrected chi connectivity index (χ1v) is 8.20. The van der Waals surface area contributed by atoms with Gasteiger partial charge in [-0.2, -0.15) is 13.2 Å². The summed E-state index contributed by atoms with van der Waals surface area (Å²) in [7, 11) is 1.23. The highest BCUT2D eigenvalue weighted by atomic mass is 19.4. The minimum absolute atomic E-state index is 0.0187. The lowest BCUT2D eigenvalue weighted by molar-refractivity contribution is -0.141. The fourth-order valence-corrected chi connectivity index (χ4v) is 2.20. The summed E-state index contributed by atoms with van der Waals surface area (Å²) in [6.45, 7) is 1.71. The number of carbonyl (C=O) groups is 1. The van der Waals surface area contributed by atoms with Crippen LogP contribution in [-0.2, 0) is 28.9 Å². The van der Waals surface area contributed by atoms with Gasteiger partial charge in [0.05, 0.1) is 7.11 Å². The number of allylic oxidation sites excluding steroid dienone is 1. The summed E-state index contributed by atoms with van der Waals surface area (Å²) in [6.07, 6.45) is -3.11. The maximum atomic E-state index is 12.7. The van der Waals surface area contributed by atoms with Gasteiger partial charge in [-0.05, 0) is 30.7 Å². The molecule has 0 atom stereocenters. The van der Waals surface area contributed by atoms with E-state index in [1.165, 1.54) is 25.3 Å². The summed E-state index contributed by atoms with van der Waals surface area (Å²) in [5.74, 6) is -0.516. The second-order valence-corrected chi connectivity index (χ2v) is 5.54. The van der Waals surface area contributed by atoms with Gasteiger partial charge in [0.2, 0.25) is 11.6 Å². The van der Waals surface area contributed by atoms with Crippen molar-refractivity contribution in [3.05, 3.63) is 65.1 Å². The van der Waals surface area contributed by atoms with Crippen LogP contribution in [0.2, 0.25) is 0 Å². The highest BCUT2D eigenvalue weighted by Crippen LogP contribution is 2.29. The summed E-state index contributed by atoms with van der Waals surface area (Å²) in [4.78, 5) is 15.1. The maximum absolute atomic E-state index is 12.7. The monoisotopic (exact) mass is 396 g/mol. The van der Waals surface area contributed by atoms with Gasteiger partial charge in [0.1, 0.15) is 18.1 Å². The molecule has 28 heavy (non-hydrogen) atoms. The van der Waals surface area contributed by atoms with Crippen molar-refractivity contribution in [1.29, 1.82) is 0 Å². The highest BCUT2D eigenvalue weighted by Gasteiger charge is 2.32. The fraction of sp³-hybridized carbons (Fsp3) is 0.263. The third-order valence-corrected chi connectivity index (χ3v) is 3.62. The van der Waals surface area contributed by atoms with Gasteiger partial charge in [0, 0.05) is 18.2 Å². The van der Waals surface area contributed by atoms with Crippen LogP contribution in [0.4, 0.5) is 13.2 Å². The largest absolute Gasteiger partial charge is 0.473 e. The first-order chi connectivity index (χ1) is 13.3. The lowest BCUT2D eigenvalue weighted by Crippen LogP contribution is -2.12. The smallest absolute Gasteiger partial charge is 0.433 e. The van der Waals surface area contributed by atoms with E-state index in [4.69, 9.17) is 15.2 Å². The van der Waals surface area contributed by atoms with E-state index >= 15 is 0 Å². The number of methoxy groups -OCH3 is 1. The van der Waals surface area contributed by atoms with Crippen LogP contribution in [0.5, 0.6) is 11.6 Å². The quantitative estimate of drug-likeness (QED) is 0.437. The number of nitrogens with zero attached hydrogens (tertiary/aromatic N) is 1.